The van der Waals surface area contributed by atoms with E-state index in [-0.39, 0.29) is 0 Å². The second-order valence-electron chi connectivity index (χ2n) is 5.01. The lowest BCUT2D eigenvalue weighted by Crippen LogP contribution is -2.17. The number of rotatable bonds is 8. The molecule has 0 saturated carbocycles. The maximum Gasteiger partial charge on any atom is 0.0981 e. The highest BCUT2D eigenvalue weighted by molar-refractivity contribution is 4.63. The molecular weight excluding hydrogens is 176 g/mol. The van der Waals surface area contributed by atoms with Crippen LogP contribution >= 0.6 is 0 Å². The Morgan fingerprint density at radius 3 is 2.21 bits per heavy atom. The van der Waals surface area contributed by atoms with E-state index in [1.54, 1.807) is 13.8 Å². The van der Waals surface area contributed by atoms with Crippen molar-refractivity contribution >= 4 is 0 Å². The predicted molar refractivity (Wildman–Crippen MR) is 58.9 cm³/mol. The van der Waals surface area contributed by atoms with Crippen molar-refractivity contribution in [2.75, 3.05) is 13.2 Å². The first-order chi connectivity index (χ1) is 6.42. The topological polar surface area (TPSA) is 29.1 Å². The molecule has 0 aromatic carbocycles. The van der Waals surface area contributed by atoms with Crippen LogP contribution in [0.3, 0.4) is 0 Å². The summed E-state index contributed by atoms with van der Waals surface area (Å²) in [6.07, 6.45) is 3.96. The van der Waals surface area contributed by atoms with Gasteiger partial charge in [-0.15, -0.1) is 0 Å². The molecule has 1 radical (unpaired) electrons. The van der Waals surface area contributed by atoms with Crippen molar-refractivity contribution in [3.63, 3.8) is 0 Å². The summed E-state index contributed by atoms with van der Waals surface area (Å²) in [6.45, 7) is 9.48. The van der Waals surface area contributed by atoms with Crippen LogP contribution in [0.25, 0.3) is 0 Å². The van der Waals surface area contributed by atoms with Crippen LogP contribution in [0.1, 0.15) is 53.4 Å². The lowest BCUT2D eigenvalue weighted by Gasteiger charge is -2.13. The summed E-state index contributed by atoms with van der Waals surface area (Å²) in [7, 11) is 0. The second kappa shape index (κ2) is 7.24. The van der Waals surface area contributed by atoms with Gasteiger partial charge in [-0.25, -0.2) is 5.11 Å². The molecule has 14 heavy (non-hydrogen) atoms. The summed E-state index contributed by atoms with van der Waals surface area (Å²) in [5.41, 5.74) is -0.790. The zero-order chi connectivity index (χ0) is 11.0. The Bertz CT molecular complexity index is 125. The first-order valence-electron chi connectivity index (χ1n) is 5.70. The molecule has 2 nitrogen and oxygen atoms in total. The normalized spacial score (nSPS) is 12.4. The van der Waals surface area contributed by atoms with Gasteiger partial charge in [0.05, 0.1) is 5.60 Å². The highest BCUT2D eigenvalue weighted by Crippen LogP contribution is 2.11. The minimum Gasteiger partial charge on any atom is -0.381 e. The standard InChI is InChI=1S/C12H25O2/c1-11(2)7-5-9-14-10-6-8-12(3,4)13/h11H,5-10H2,1-4H3. The number of hydrogen-bond donors (Lipinski definition) is 0. The first kappa shape index (κ1) is 13.9. The van der Waals surface area contributed by atoms with Gasteiger partial charge >= 0.3 is 0 Å². The van der Waals surface area contributed by atoms with Crippen LogP contribution in [0.2, 0.25) is 0 Å². The molecule has 0 aliphatic heterocycles. The molecule has 0 aliphatic carbocycles. The van der Waals surface area contributed by atoms with Crippen LogP contribution in [-0.4, -0.2) is 18.8 Å². The molecule has 85 valence electrons. The van der Waals surface area contributed by atoms with E-state index < -0.39 is 5.60 Å². The number of ether oxygens (including phenoxy) is 1. The molecule has 0 spiro atoms. The Kier molecular flexibility index (Phi) is 7.20. The molecule has 0 unspecified atom stereocenters. The second-order valence-corrected chi connectivity index (χ2v) is 5.01. The fraction of sp³-hybridized carbons (Fsp3) is 1.00. The quantitative estimate of drug-likeness (QED) is 0.553. The maximum absolute atomic E-state index is 11.2. The Labute approximate surface area is 88.7 Å². The summed E-state index contributed by atoms with van der Waals surface area (Å²) in [5.74, 6) is 0.763. The van der Waals surface area contributed by atoms with E-state index in [1.807, 2.05) is 0 Å². The molecule has 0 amide bonds. The van der Waals surface area contributed by atoms with Crippen LogP contribution in [0, 0.1) is 5.92 Å². The van der Waals surface area contributed by atoms with E-state index in [1.165, 1.54) is 6.42 Å². The third-order valence-corrected chi connectivity index (χ3v) is 2.14. The Hall–Kier alpha value is -0.0800. The minimum atomic E-state index is -0.790. The van der Waals surface area contributed by atoms with E-state index >= 15 is 0 Å². The molecule has 0 aliphatic rings. The molecule has 0 atom stereocenters. The van der Waals surface area contributed by atoms with Gasteiger partial charge in [-0.2, -0.15) is 0 Å². The smallest absolute Gasteiger partial charge is 0.0981 e. The van der Waals surface area contributed by atoms with Crippen molar-refractivity contribution in [2.24, 2.45) is 5.92 Å². The van der Waals surface area contributed by atoms with Crippen LogP contribution in [0.4, 0.5) is 0 Å². The van der Waals surface area contributed by atoms with Crippen molar-refractivity contribution < 1.29 is 9.84 Å². The van der Waals surface area contributed by atoms with Crippen molar-refractivity contribution in [1.29, 1.82) is 0 Å². The molecule has 0 bridgehead atoms. The zero-order valence-electron chi connectivity index (χ0n) is 10.1. The van der Waals surface area contributed by atoms with Gasteiger partial charge in [-0.05, 0) is 45.4 Å². The van der Waals surface area contributed by atoms with Gasteiger partial charge in [-0.3, -0.25) is 0 Å². The summed E-state index contributed by atoms with van der Waals surface area (Å²) < 4.78 is 5.44. The maximum atomic E-state index is 11.2. The van der Waals surface area contributed by atoms with Crippen LogP contribution in [0.5, 0.6) is 0 Å². The average molecular weight is 201 g/mol. The summed E-state index contributed by atoms with van der Waals surface area (Å²) in [5, 5.41) is 11.2. The Morgan fingerprint density at radius 1 is 1.14 bits per heavy atom. The molecule has 0 aromatic heterocycles. The largest absolute Gasteiger partial charge is 0.381 e. The van der Waals surface area contributed by atoms with E-state index in [4.69, 9.17) is 4.74 Å². The van der Waals surface area contributed by atoms with Crippen molar-refractivity contribution in [3.05, 3.63) is 0 Å². The van der Waals surface area contributed by atoms with Gasteiger partial charge in [0, 0.05) is 13.2 Å². The molecule has 0 heterocycles. The highest BCUT2D eigenvalue weighted by atomic mass is 16.5. The number of hydrogen-bond acceptors (Lipinski definition) is 1. The van der Waals surface area contributed by atoms with Gasteiger partial charge in [0.2, 0.25) is 0 Å². The van der Waals surface area contributed by atoms with E-state index in [0.29, 0.717) is 6.42 Å². The molecule has 0 rings (SSSR count). The summed E-state index contributed by atoms with van der Waals surface area (Å²) >= 11 is 0. The predicted octanol–water partition coefficient (Wildman–Crippen LogP) is 3.43. The highest BCUT2D eigenvalue weighted by Gasteiger charge is 2.13. The monoisotopic (exact) mass is 201 g/mol. The van der Waals surface area contributed by atoms with Gasteiger partial charge in [0.15, 0.2) is 0 Å². The van der Waals surface area contributed by atoms with E-state index in [9.17, 15) is 5.11 Å². The third kappa shape index (κ3) is 11.9. The van der Waals surface area contributed by atoms with Gasteiger partial charge in [0.25, 0.3) is 0 Å². The summed E-state index contributed by atoms with van der Waals surface area (Å²) in [4.78, 5) is 0. The molecule has 0 aromatic rings. The van der Waals surface area contributed by atoms with Crippen molar-refractivity contribution in [2.45, 2.75) is 59.0 Å². The average Bonchev–Trinajstić information content (AvgIpc) is 2.00. The third-order valence-electron chi connectivity index (χ3n) is 2.14. The SMILES string of the molecule is CC(C)CCCOCCCC(C)(C)[O]. The Morgan fingerprint density at radius 2 is 1.71 bits per heavy atom. The van der Waals surface area contributed by atoms with Gasteiger partial charge in [0.1, 0.15) is 0 Å². The van der Waals surface area contributed by atoms with Crippen LogP contribution < -0.4 is 0 Å². The van der Waals surface area contributed by atoms with Gasteiger partial charge < -0.3 is 4.74 Å². The molecule has 0 N–H and O–H groups in total. The zero-order valence-corrected chi connectivity index (χ0v) is 10.1. The molecule has 0 saturated heterocycles. The van der Waals surface area contributed by atoms with Crippen LogP contribution in [0.15, 0.2) is 0 Å². The summed E-state index contributed by atoms with van der Waals surface area (Å²) in [6, 6.07) is 0. The van der Waals surface area contributed by atoms with E-state index in [2.05, 4.69) is 13.8 Å². The minimum absolute atomic E-state index is 0.706. The molecule has 0 fully saturated rings. The van der Waals surface area contributed by atoms with E-state index in [0.717, 1.165) is 32.0 Å². The first-order valence-corrected chi connectivity index (χ1v) is 5.70. The molecule has 2 heteroatoms. The van der Waals surface area contributed by atoms with Crippen LogP contribution in [-0.2, 0) is 9.84 Å². The lowest BCUT2D eigenvalue weighted by molar-refractivity contribution is -0.0114. The Balaban J connectivity index is 3.07. The fourth-order valence-corrected chi connectivity index (χ4v) is 1.30. The van der Waals surface area contributed by atoms with Gasteiger partial charge in [-0.1, -0.05) is 13.8 Å². The van der Waals surface area contributed by atoms with Crippen molar-refractivity contribution in [1.82, 2.24) is 0 Å². The fourth-order valence-electron chi connectivity index (χ4n) is 1.30. The lowest BCUT2D eigenvalue weighted by atomic mass is 10.0. The van der Waals surface area contributed by atoms with Crippen molar-refractivity contribution in [3.8, 4) is 0 Å². The molecular formula is C12H25O2.